The zero-order chi connectivity index (χ0) is 7.98. The molecule has 0 bridgehead atoms. The van der Waals surface area contributed by atoms with E-state index in [1.54, 1.807) is 7.11 Å². The summed E-state index contributed by atoms with van der Waals surface area (Å²) in [6, 6.07) is 0. The highest BCUT2D eigenvalue weighted by Crippen LogP contribution is 1.88. The van der Waals surface area contributed by atoms with Gasteiger partial charge < -0.3 is 10.1 Å². The van der Waals surface area contributed by atoms with Gasteiger partial charge in [0.1, 0.15) is 0 Å². The predicted octanol–water partition coefficient (Wildman–Crippen LogP) is 1.27. The molecule has 0 radical (unpaired) electrons. The topological polar surface area (TPSA) is 21.3 Å². The minimum Gasteiger partial charge on any atom is -0.380 e. The van der Waals surface area contributed by atoms with Crippen molar-refractivity contribution in [2.75, 3.05) is 20.2 Å². The van der Waals surface area contributed by atoms with Gasteiger partial charge in [-0.25, -0.2) is 0 Å². The van der Waals surface area contributed by atoms with Gasteiger partial charge in [0.05, 0.1) is 6.10 Å². The van der Waals surface area contributed by atoms with E-state index in [1.165, 1.54) is 0 Å². The van der Waals surface area contributed by atoms with E-state index in [2.05, 4.69) is 26.1 Å². The molecule has 2 nitrogen and oxygen atoms in total. The van der Waals surface area contributed by atoms with Gasteiger partial charge in [0.15, 0.2) is 0 Å². The van der Waals surface area contributed by atoms with Crippen LogP contribution in [0.15, 0.2) is 0 Å². The average Bonchev–Trinajstić information content (AvgIpc) is 1.87. The van der Waals surface area contributed by atoms with Crippen molar-refractivity contribution in [2.24, 2.45) is 5.92 Å². The van der Waals surface area contributed by atoms with Crippen LogP contribution in [0.2, 0.25) is 0 Å². The van der Waals surface area contributed by atoms with Crippen LogP contribution in [-0.4, -0.2) is 26.3 Å². The molecular formula is C8H19NO. The third kappa shape index (κ3) is 6.05. The molecule has 0 saturated heterocycles. The Morgan fingerprint density at radius 2 is 1.80 bits per heavy atom. The van der Waals surface area contributed by atoms with Gasteiger partial charge in [-0.3, -0.25) is 0 Å². The molecule has 0 aliphatic heterocycles. The van der Waals surface area contributed by atoms with Gasteiger partial charge in [0.2, 0.25) is 0 Å². The van der Waals surface area contributed by atoms with Crippen LogP contribution in [0.25, 0.3) is 0 Å². The van der Waals surface area contributed by atoms with E-state index >= 15 is 0 Å². The fourth-order valence-corrected chi connectivity index (χ4v) is 0.659. The molecule has 0 heterocycles. The van der Waals surface area contributed by atoms with Crippen LogP contribution in [0.5, 0.6) is 0 Å². The molecule has 0 aromatic carbocycles. The molecule has 0 amide bonds. The first kappa shape index (κ1) is 9.92. The molecule has 1 atom stereocenters. The molecule has 0 fully saturated rings. The fraction of sp³-hybridized carbons (Fsp3) is 1.00. The largest absolute Gasteiger partial charge is 0.380 e. The summed E-state index contributed by atoms with van der Waals surface area (Å²) in [5.74, 6) is 0.726. The molecule has 0 aliphatic carbocycles. The summed E-state index contributed by atoms with van der Waals surface area (Å²) in [7, 11) is 1.74. The molecule has 0 aliphatic rings. The van der Waals surface area contributed by atoms with Gasteiger partial charge in [-0.1, -0.05) is 13.8 Å². The number of nitrogens with one attached hydrogen (secondary N) is 1. The second-order valence-electron chi connectivity index (χ2n) is 3.10. The maximum absolute atomic E-state index is 5.07. The van der Waals surface area contributed by atoms with Crippen molar-refractivity contribution >= 4 is 0 Å². The number of ether oxygens (including phenoxy) is 1. The van der Waals surface area contributed by atoms with Crippen molar-refractivity contribution < 1.29 is 4.74 Å². The lowest BCUT2D eigenvalue weighted by Gasteiger charge is -2.11. The normalized spacial score (nSPS) is 14.1. The summed E-state index contributed by atoms with van der Waals surface area (Å²) in [6.45, 7) is 8.49. The standard InChI is InChI=1S/C8H19NO/c1-7(2)5-9-6-8(3)10-4/h7-9H,5-6H2,1-4H3. The van der Waals surface area contributed by atoms with E-state index in [9.17, 15) is 0 Å². The van der Waals surface area contributed by atoms with E-state index in [4.69, 9.17) is 4.74 Å². The van der Waals surface area contributed by atoms with Crippen LogP contribution < -0.4 is 5.32 Å². The first-order valence-corrected chi connectivity index (χ1v) is 3.90. The highest BCUT2D eigenvalue weighted by Gasteiger charge is 1.98. The number of hydrogen-bond acceptors (Lipinski definition) is 2. The lowest BCUT2D eigenvalue weighted by Crippen LogP contribution is -2.28. The van der Waals surface area contributed by atoms with E-state index < -0.39 is 0 Å². The van der Waals surface area contributed by atoms with E-state index in [0.717, 1.165) is 19.0 Å². The Hall–Kier alpha value is -0.0800. The Balaban J connectivity index is 3.03. The van der Waals surface area contributed by atoms with Gasteiger partial charge in [-0.15, -0.1) is 0 Å². The van der Waals surface area contributed by atoms with Crippen molar-refractivity contribution in [1.29, 1.82) is 0 Å². The van der Waals surface area contributed by atoms with E-state index in [-0.39, 0.29) is 0 Å². The van der Waals surface area contributed by atoms with Gasteiger partial charge in [0, 0.05) is 13.7 Å². The maximum Gasteiger partial charge on any atom is 0.0667 e. The lowest BCUT2D eigenvalue weighted by atomic mass is 10.2. The van der Waals surface area contributed by atoms with Crippen molar-refractivity contribution in [3.05, 3.63) is 0 Å². The predicted molar refractivity (Wildman–Crippen MR) is 44.2 cm³/mol. The molecule has 1 N–H and O–H groups in total. The molecule has 0 aromatic heterocycles. The SMILES string of the molecule is COC(C)CNCC(C)C. The van der Waals surface area contributed by atoms with Crippen LogP contribution in [0.3, 0.4) is 0 Å². The minimum absolute atomic E-state index is 0.332. The number of methoxy groups -OCH3 is 1. The highest BCUT2D eigenvalue weighted by atomic mass is 16.5. The van der Waals surface area contributed by atoms with Gasteiger partial charge in [0.25, 0.3) is 0 Å². The summed E-state index contributed by atoms with van der Waals surface area (Å²) < 4.78 is 5.07. The molecule has 62 valence electrons. The third-order valence-corrected chi connectivity index (χ3v) is 1.39. The third-order valence-electron chi connectivity index (χ3n) is 1.39. The van der Waals surface area contributed by atoms with E-state index in [1.807, 2.05) is 0 Å². The first-order chi connectivity index (χ1) is 4.66. The van der Waals surface area contributed by atoms with E-state index in [0.29, 0.717) is 6.10 Å². The van der Waals surface area contributed by atoms with Crippen molar-refractivity contribution in [1.82, 2.24) is 5.32 Å². The summed E-state index contributed by atoms with van der Waals surface area (Å²) in [5.41, 5.74) is 0. The lowest BCUT2D eigenvalue weighted by molar-refractivity contribution is 0.116. The Morgan fingerprint density at radius 3 is 2.20 bits per heavy atom. The number of hydrogen-bond donors (Lipinski definition) is 1. The molecule has 0 saturated carbocycles. The zero-order valence-corrected chi connectivity index (χ0v) is 7.48. The van der Waals surface area contributed by atoms with Crippen LogP contribution in [0, 0.1) is 5.92 Å². The molecule has 0 spiro atoms. The van der Waals surface area contributed by atoms with Crippen LogP contribution in [-0.2, 0) is 4.74 Å². The summed E-state index contributed by atoms with van der Waals surface area (Å²) in [5, 5.41) is 3.31. The van der Waals surface area contributed by atoms with Gasteiger partial charge in [-0.2, -0.15) is 0 Å². The quantitative estimate of drug-likeness (QED) is 0.629. The minimum atomic E-state index is 0.332. The van der Waals surface area contributed by atoms with Crippen molar-refractivity contribution in [3.63, 3.8) is 0 Å². The second-order valence-corrected chi connectivity index (χ2v) is 3.10. The molecule has 10 heavy (non-hydrogen) atoms. The summed E-state index contributed by atoms with van der Waals surface area (Å²) in [4.78, 5) is 0. The molecule has 1 unspecified atom stereocenters. The Bertz CT molecular complexity index is 73.7. The Labute approximate surface area is 64.0 Å². The summed E-state index contributed by atoms with van der Waals surface area (Å²) in [6.07, 6.45) is 0.332. The average molecular weight is 145 g/mol. The first-order valence-electron chi connectivity index (χ1n) is 3.90. The molecule has 0 aromatic rings. The Morgan fingerprint density at radius 1 is 1.20 bits per heavy atom. The van der Waals surface area contributed by atoms with Crippen molar-refractivity contribution in [2.45, 2.75) is 26.9 Å². The van der Waals surface area contributed by atoms with Crippen LogP contribution in [0.4, 0.5) is 0 Å². The molecular weight excluding hydrogens is 126 g/mol. The van der Waals surface area contributed by atoms with Crippen molar-refractivity contribution in [3.8, 4) is 0 Å². The monoisotopic (exact) mass is 145 g/mol. The summed E-state index contributed by atoms with van der Waals surface area (Å²) >= 11 is 0. The maximum atomic E-state index is 5.07. The van der Waals surface area contributed by atoms with Gasteiger partial charge in [-0.05, 0) is 19.4 Å². The molecule has 0 rings (SSSR count). The smallest absolute Gasteiger partial charge is 0.0667 e. The van der Waals surface area contributed by atoms with Crippen LogP contribution >= 0.6 is 0 Å². The highest BCUT2D eigenvalue weighted by molar-refractivity contribution is 4.55. The number of rotatable bonds is 5. The van der Waals surface area contributed by atoms with Gasteiger partial charge >= 0.3 is 0 Å². The Kier molecular flexibility index (Phi) is 5.64. The second kappa shape index (κ2) is 5.69. The zero-order valence-electron chi connectivity index (χ0n) is 7.48. The van der Waals surface area contributed by atoms with Crippen LogP contribution in [0.1, 0.15) is 20.8 Å². The fourth-order valence-electron chi connectivity index (χ4n) is 0.659. The molecule has 2 heteroatoms.